The molecule has 6 nitrogen and oxygen atoms in total. The van der Waals surface area contributed by atoms with Crippen molar-refractivity contribution < 1.29 is 23.9 Å². The number of nitrogens with zero attached hydrogens (tertiary/aromatic N) is 1. The van der Waals surface area contributed by atoms with Crippen molar-refractivity contribution in [2.45, 2.75) is 96.8 Å². The first kappa shape index (κ1) is 21.0. The van der Waals surface area contributed by atoms with Crippen LogP contribution in [0.2, 0.25) is 18.1 Å². The van der Waals surface area contributed by atoms with Gasteiger partial charge in [-0.1, -0.05) is 20.8 Å². The Balaban J connectivity index is 3.02. The number of likely N-dealkylation sites (tertiary alicyclic amines) is 1. The highest BCUT2D eigenvalue weighted by atomic mass is 28.4. The molecular weight excluding hydrogens is 326 g/mol. The predicted molar refractivity (Wildman–Crippen MR) is 95.6 cm³/mol. The van der Waals surface area contributed by atoms with Crippen molar-refractivity contribution in [3.8, 4) is 0 Å². The van der Waals surface area contributed by atoms with Gasteiger partial charge in [-0.15, -0.1) is 0 Å². The Bertz CT molecular complexity index is 492. The van der Waals surface area contributed by atoms with E-state index in [-0.39, 0.29) is 17.2 Å². The molecule has 1 aliphatic heterocycles. The maximum atomic E-state index is 12.5. The topological polar surface area (TPSA) is 76.1 Å². The van der Waals surface area contributed by atoms with E-state index in [1.165, 1.54) is 4.90 Å². The van der Waals surface area contributed by atoms with Crippen molar-refractivity contribution in [2.24, 2.45) is 0 Å². The van der Waals surface area contributed by atoms with E-state index >= 15 is 0 Å². The largest absolute Gasteiger partial charge is 0.480 e. The van der Waals surface area contributed by atoms with E-state index in [0.29, 0.717) is 6.42 Å². The van der Waals surface area contributed by atoms with Crippen LogP contribution in [0, 0.1) is 0 Å². The van der Waals surface area contributed by atoms with Crippen LogP contribution < -0.4 is 0 Å². The van der Waals surface area contributed by atoms with E-state index in [4.69, 9.17) is 9.16 Å². The molecule has 0 aromatic carbocycles. The Morgan fingerprint density at radius 1 is 1.12 bits per heavy atom. The van der Waals surface area contributed by atoms with Crippen LogP contribution in [-0.2, 0) is 14.0 Å². The standard InChI is InChI=1S/C17H33NO5Si/c1-11-13(23-24(8,9)17(5,6)7)10-12(14(19)20)18(11)15(21)22-16(2,3)4/h11-13H,10H2,1-9H3,(H,19,20). The van der Waals surface area contributed by atoms with Gasteiger partial charge in [-0.05, 0) is 45.8 Å². The second-order valence-electron chi connectivity index (χ2n) is 9.13. The number of hydrogen-bond acceptors (Lipinski definition) is 4. The van der Waals surface area contributed by atoms with Crippen molar-refractivity contribution in [1.29, 1.82) is 0 Å². The van der Waals surface area contributed by atoms with Gasteiger partial charge in [0.1, 0.15) is 11.6 Å². The molecule has 0 aromatic rings. The van der Waals surface area contributed by atoms with Gasteiger partial charge in [-0.3, -0.25) is 4.90 Å². The molecule has 0 bridgehead atoms. The van der Waals surface area contributed by atoms with Crippen LogP contribution in [-0.4, -0.2) is 54.2 Å². The zero-order valence-corrected chi connectivity index (χ0v) is 17.5. The molecule has 24 heavy (non-hydrogen) atoms. The Morgan fingerprint density at radius 2 is 1.62 bits per heavy atom. The zero-order chi connectivity index (χ0) is 19.1. The van der Waals surface area contributed by atoms with Gasteiger partial charge in [0.25, 0.3) is 0 Å². The van der Waals surface area contributed by atoms with Crippen molar-refractivity contribution in [1.82, 2.24) is 4.90 Å². The first-order chi connectivity index (χ1) is 10.6. The number of hydrogen-bond donors (Lipinski definition) is 1. The van der Waals surface area contributed by atoms with Gasteiger partial charge in [-0.2, -0.15) is 0 Å². The van der Waals surface area contributed by atoms with Gasteiger partial charge in [0.05, 0.1) is 12.1 Å². The first-order valence-corrected chi connectivity index (χ1v) is 11.4. The fourth-order valence-corrected chi connectivity index (χ4v) is 3.93. The minimum absolute atomic E-state index is 0.0186. The van der Waals surface area contributed by atoms with Gasteiger partial charge in [0, 0.05) is 6.42 Å². The monoisotopic (exact) mass is 359 g/mol. The Labute approximate surface area is 146 Å². The number of amides is 1. The highest BCUT2D eigenvalue weighted by molar-refractivity contribution is 6.74. The fraction of sp³-hybridized carbons (Fsp3) is 0.882. The number of carbonyl (C=O) groups is 2. The molecule has 0 spiro atoms. The minimum Gasteiger partial charge on any atom is -0.480 e. The summed E-state index contributed by atoms with van der Waals surface area (Å²) in [6, 6.07) is -1.25. The summed E-state index contributed by atoms with van der Waals surface area (Å²) in [4.78, 5) is 25.5. The molecule has 1 rings (SSSR count). The number of carbonyl (C=O) groups excluding carboxylic acids is 1. The number of ether oxygens (including phenoxy) is 1. The normalized spacial score (nSPS) is 25.7. The molecule has 3 unspecified atom stereocenters. The lowest BCUT2D eigenvalue weighted by atomic mass is 10.1. The van der Waals surface area contributed by atoms with Gasteiger partial charge in [0.2, 0.25) is 0 Å². The van der Waals surface area contributed by atoms with E-state index in [0.717, 1.165) is 0 Å². The summed E-state index contributed by atoms with van der Waals surface area (Å²) >= 11 is 0. The van der Waals surface area contributed by atoms with Crippen LogP contribution in [0.5, 0.6) is 0 Å². The van der Waals surface area contributed by atoms with Gasteiger partial charge < -0.3 is 14.3 Å². The van der Waals surface area contributed by atoms with E-state index in [9.17, 15) is 14.7 Å². The summed E-state index contributed by atoms with van der Waals surface area (Å²) in [6.07, 6.45) is -0.592. The molecule has 1 N–H and O–H groups in total. The first-order valence-electron chi connectivity index (χ1n) is 8.49. The quantitative estimate of drug-likeness (QED) is 0.774. The third-order valence-corrected chi connectivity index (χ3v) is 9.41. The molecule has 0 aromatic heterocycles. The fourth-order valence-electron chi connectivity index (χ4n) is 2.52. The molecular formula is C17H33NO5Si. The van der Waals surface area contributed by atoms with Crippen LogP contribution in [0.15, 0.2) is 0 Å². The summed E-state index contributed by atoms with van der Waals surface area (Å²) in [6.45, 7) is 17.8. The SMILES string of the molecule is CC1C(O[Si](C)(C)C(C)(C)C)CC(C(=O)O)N1C(=O)OC(C)(C)C. The Kier molecular flexibility index (Phi) is 5.83. The summed E-state index contributed by atoms with van der Waals surface area (Å²) in [5.74, 6) is -1.02. The van der Waals surface area contributed by atoms with Crippen molar-refractivity contribution in [2.75, 3.05) is 0 Å². The summed E-state index contributed by atoms with van der Waals surface area (Å²) in [7, 11) is -2.06. The number of aliphatic carboxylic acids is 1. The highest BCUT2D eigenvalue weighted by Crippen LogP contribution is 2.40. The average molecular weight is 360 g/mol. The third-order valence-electron chi connectivity index (χ3n) is 4.91. The second kappa shape index (κ2) is 6.67. The molecule has 0 radical (unpaired) electrons. The van der Waals surface area contributed by atoms with Crippen LogP contribution >= 0.6 is 0 Å². The summed E-state index contributed by atoms with van der Waals surface area (Å²) < 4.78 is 11.8. The molecule has 0 saturated carbocycles. The molecule has 0 aliphatic carbocycles. The van der Waals surface area contributed by atoms with Gasteiger partial charge >= 0.3 is 12.1 Å². The lowest BCUT2D eigenvalue weighted by Crippen LogP contribution is -2.49. The lowest BCUT2D eigenvalue weighted by Gasteiger charge is -2.39. The molecule has 7 heteroatoms. The van der Waals surface area contributed by atoms with Gasteiger partial charge in [-0.25, -0.2) is 9.59 Å². The molecule has 1 amide bonds. The highest BCUT2D eigenvalue weighted by Gasteiger charge is 2.50. The average Bonchev–Trinajstić information content (AvgIpc) is 2.62. The smallest absolute Gasteiger partial charge is 0.411 e. The summed E-state index contributed by atoms with van der Waals surface area (Å²) in [5, 5.41) is 9.55. The van der Waals surface area contributed by atoms with Crippen LogP contribution in [0.3, 0.4) is 0 Å². The van der Waals surface area contributed by atoms with Crippen LogP contribution in [0.25, 0.3) is 0 Å². The number of rotatable bonds is 3. The van der Waals surface area contributed by atoms with E-state index < -0.39 is 32.0 Å². The third kappa shape index (κ3) is 4.72. The minimum atomic E-state index is -2.06. The zero-order valence-electron chi connectivity index (χ0n) is 16.5. The Hall–Kier alpha value is -1.08. The molecule has 140 valence electrons. The van der Waals surface area contributed by atoms with Crippen molar-refractivity contribution in [3.05, 3.63) is 0 Å². The van der Waals surface area contributed by atoms with E-state index in [1.807, 2.05) is 6.92 Å². The molecule has 1 aliphatic rings. The van der Waals surface area contributed by atoms with Crippen molar-refractivity contribution >= 4 is 20.4 Å². The predicted octanol–water partition coefficient (Wildman–Crippen LogP) is 3.86. The van der Waals surface area contributed by atoms with Crippen molar-refractivity contribution in [3.63, 3.8) is 0 Å². The second-order valence-corrected chi connectivity index (χ2v) is 13.9. The van der Waals surface area contributed by atoms with Crippen LogP contribution in [0.4, 0.5) is 4.79 Å². The maximum absolute atomic E-state index is 12.5. The lowest BCUT2D eigenvalue weighted by molar-refractivity contribution is -0.142. The number of carboxylic acids is 1. The molecule has 3 atom stereocenters. The maximum Gasteiger partial charge on any atom is 0.411 e. The van der Waals surface area contributed by atoms with Crippen LogP contribution in [0.1, 0.15) is 54.9 Å². The molecule has 1 saturated heterocycles. The van der Waals surface area contributed by atoms with Gasteiger partial charge in [0.15, 0.2) is 8.32 Å². The molecule has 1 fully saturated rings. The van der Waals surface area contributed by atoms with E-state index in [1.54, 1.807) is 20.8 Å². The molecule has 1 heterocycles. The van der Waals surface area contributed by atoms with E-state index in [2.05, 4.69) is 33.9 Å². The number of carboxylic acid groups (broad SMARTS) is 1. The Morgan fingerprint density at radius 3 is 2.00 bits per heavy atom. The summed E-state index contributed by atoms with van der Waals surface area (Å²) in [5.41, 5.74) is -0.668.